The molecule has 0 aromatic heterocycles. The average molecular weight is 294 g/mol. The standard InChI is InChI=1S/C20H26N2/c1-22-14-18(12-16-8-4-2-5-9-16)20(21)19(15-22)13-17-10-6-3-7-11-17/h2-11,18-20H,12-15,21H2,1H3. The summed E-state index contributed by atoms with van der Waals surface area (Å²) in [7, 11) is 2.22. The Morgan fingerprint density at radius 2 is 1.23 bits per heavy atom. The average Bonchev–Trinajstić information content (AvgIpc) is 2.54. The number of hydrogen-bond donors (Lipinski definition) is 1. The summed E-state index contributed by atoms with van der Waals surface area (Å²) in [6.07, 6.45) is 2.16. The number of nitrogens with two attached hydrogens (primary N) is 1. The molecule has 2 atom stereocenters. The molecule has 1 saturated heterocycles. The van der Waals surface area contributed by atoms with Gasteiger partial charge in [-0.2, -0.15) is 0 Å². The fourth-order valence-corrected chi connectivity index (χ4v) is 3.74. The van der Waals surface area contributed by atoms with Crippen LogP contribution in [0.2, 0.25) is 0 Å². The van der Waals surface area contributed by atoms with Crippen LogP contribution in [0.15, 0.2) is 60.7 Å². The van der Waals surface area contributed by atoms with Gasteiger partial charge in [0.25, 0.3) is 0 Å². The molecule has 0 spiro atoms. The molecule has 0 saturated carbocycles. The van der Waals surface area contributed by atoms with Crippen molar-refractivity contribution in [1.29, 1.82) is 0 Å². The van der Waals surface area contributed by atoms with E-state index in [1.54, 1.807) is 0 Å². The van der Waals surface area contributed by atoms with E-state index >= 15 is 0 Å². The predicted molar refractivity (Wildman–Crippen MR) is 92.7 cm³/mol. The lowest BCUT2D eigenvalue weighted by Crippen LogP contribution is -2.53. The minimum atomic E-state index is 0.275. The molecule has 2 heteroatoms. The van der Waals surface area contributed by atoms with Crippen LogP contribution in [0.3, 0.4) is 0 Å². The molecule has 2 aromatic rings. The Morgan fingerprint density at radius 1 is 0.818 bits per heavy atom. The molecule has 1 aliphatic rings. The van der Waals surface area contributed by atoms with Crippen LogP contribution in [0.5, 0.6) is 0 Å². The van der Waals surface area contributed by atoms with Crippen LogP contribution in [0, 0.1) is 11.8 Å². The summed E-state index contributed by atoms with van der Waals surface area (Å²) in [5.74, 6) is 1.07. The quantitative estimate of drug-likeness (QED) is 0.939. The number of nitrogens with zero attached hydrogens (tertiary/aromatic N) is 1. The zero-order chi connectivity index (χ0) is 15.4. The molecule has 2 aromatic carbocycles. The summed E-state index contributed by atoms with van der Waals surface area (Å²) < 4.78 is 0. The van der Waals surface area contributed by atoms with Gasteiger partial charge < -0.3 is 10.6 Å². The van der Waals surface area contributed by atoms with Crippen molar-refractivity contribution in [2.45, 2.75) is 18.9 Å². The third kappa shape index (κ3) is 3.76. The molecule has 0 aliphatic carbocycles. The van der Waals surface area contributed by atoms with Crippen molar-refractivity contribution < 1.29 is 0 Å². The summed E-state index contributed by atoms with van der Waals surface area (Å²) in [5.41, 5.74) is 9.45. The first-order valence-corrected chi connectivity index (χ1v) is 8.24. The molecule has 0 radical (unpaired) electrons. The van der Waals surface area contributed by atoms with E-state index in [-0.39, 0.29) is 6.04 Å². The summed E-state index contributed by atoms with van der Waals surface area (Å²) in [4.78, 5) is 2.45. The minimum absolute atomic E-state index is 0.275. The highest BCUT2D eigenvalue weighted by molar-refractivity contribution is 5.18. The molecule has 2 unspecified atom stereocenters. The van der Waals surface area contributed by atoms with E-state index in [2.05, 4.69) is 72.6 Å². The van der Waals surface area contributed by atoms with Crippen molar-refractivity contribution in [3.05, 3.63) is 71.8 Å². The Hall–Kier alpha value is -1.64. The van der Waals surface area contributed by atoms with Gasteiger partial charge in [-0.3, -0.25) is 0 Å². The van der Waals surface area contributed by atoms with Crippen molar-refractivity contribution in [2.24, 2.45) is 17.6 Å². The molecule has 1 fully saturated rings. The Bertz CT molecular complexity index is 515. The molecule has 2 N–H and O–H groups in total. The largest absolute Gasteiger partial charge is 0.327 e. The van der Waals surface area contributed by atoms with Crippen molar-refractivity contribution in [2.75, 3.05) is 20.1 Å². The van der Waals surface area contributed by atoms with E-state index in [1.165, 1.54) is 11.1 Å². The number of rotatable bonds is 4. The first-order valence-electron chi connectivity index (χ1n) is 8.24. The highest BCUT2D eigenvalue weighted by atomic mass is 15.1. The van der Waals surface area contributed by atoms with Crippen LogP contribution in [0.1, 0.15) is 11.1 Å². The molecular weight excluding hydrogens is 268 g/mol. The molecule has 1 aliphatic heterocycles. The molecule has 116 valence electrons. The van der Waals surface area contributed by atoms with E-state index in [9.17, 15) is 0 Å². The Morgan fingerprint density at radius 3 is 1.64 bits per heavy atom. The summed E-state index contributed by atoms with van der Waals surface area (Å²) in [6, 6.07) is 21.8. The van der Waals surface area contributed by atoms with Crippen LogP contribution in [-0.4, -0.2) is 31.1 Å². The maximum absolute atomic E-state index is 6.65. The first kappa shape index (κ1) is 15.3. The maximum Gasteiger partial charge on any atom is 0.0126 e. The minimum Gasteiger partial charge on any atom is -0.327 e. The normalized spacial score (nSPS) is 26.0. The number of piperidine rings is 1. The Kier molecular flexibility index (Phi) is 4.91. The maximum atomic E-state index is 6.65. The molecule has 0 amide bonds. The number of likely N-dealkylation sites (tertiary alicyclic amines) is 1. The Labute approximate surface area is 134 Å². The van der Waals surface area contributed by atoms with Crippen LogP contribution >= 0.6 is 0 Å². The van der Waals surface area contributed by atoms with Crippen LogP contribution in [0.25, 0.3) is 0 Å². The lowest BCUT2D eigenvalue weighted by molar-refractivity contribution is 0.124. The number of hydrogen-bond acceptors (Lipinski definition) is 2. The second-order valence-electron chi connectivity index (χ2n) is 6.70. The van der Waals surface area contributed by atoms with Crippen molar-refractivity contribution in [3.63, 3.8) is 0 Å². The molecule has 1 heterocycles. The summed E-state index contributed by atoms with van der Waals surface area (Å²) >= 11 is 0. The van der Waals surface area contributed by atoms with Gasteiger partial charge in [-0.1, -0.05) is 60.7 Å². The van der Waals surface area contributed by atoms with E-state index < -0.39 is 0 Å². The lowest BCUT2D eigenvalue weighted by Gasteiger charge is -2.41. The van der Waals surface area contributed by atoms with E-state index in [1.807, 2.05) is 0 Å². The SMILES string of the molecule is CN1CC(Cc2ccccc2)C(N)C(Cc2ccccc2)C1. The zero-order valence-corrected chi connectivity index (χ0v) is 13.4. The highest BCUT2D eigenvalue weighted by Gasteiger charge is 2.33. The van der Waals surface area contributed by atoms with Gasteiger partial charge in [0.1, 0.15) is 0 Å². The van der Waals surface area contributed by atoms with Gasteiger partial charge in [0, 0.05) is 19.1 Å². The van der Waals surface area contributed by atoms with Gasteiger partial charge in [0.2, 0.25) is 0 Å². The zero-order valence-electron chi connectivity index (χ0n) is 13.4. The fourth-order valence-electron chi connectivity index (χ4n) is 3.74. The lowest BCUT2D eigenvalue weighted by atomic mass is 9.78. The first-order chi connectivity index (χ1) is 10.7. The topological polar surface area (TPSA) is 29.3 Å². The van der Waals surface area contributed by atoms with Gasteiger partial charge in [-0.25, -0.2) is 0 Å². The third-order valence-electron chi connectivity index (χ3n) is 4.86. The smallest absolute Gasteiger partial charge is 0.0126 e. The third-order valence-corrected chi connectivity index (χ3v) is 4.86. The highest BCUT2D eigenvalue weighted by Crippen LogP contribution is 2.26. The Balaban J connectivity index is 1.69. The van der Waals surface area contributed by atoms with Gasteiger partial charge in [0.15, 0.2) is 0 Å². The summed E-state index contributed by atoms with van der Waals surface area (Å²) in [6.45, 7) is 2.20. The molecule has 3 rings (SSSR count). The van der Waals surface area contributed by atoms with Crippen molar-refractivity contribution in [3.8, 4) is 0 Å². The van der Waals surface area contributed by atoms with E-state index in [0.717, 1.165) is 25.9 Å². The van der Waals surface area contributed by atoms with Gasteiger partial charge >= 0.3 is 0 Å². The second kappa shape index (κ2) is 7.08. The van der Waals surface area contributed by atoms with Crippen molar-refractivity contribution in [1.82, 2.24) is 4.90 Å². The monoisotopic (exact) mass is 294 g/mol. The van der Waals surface area contributed by atoms with Gasteiger partial charge in [-0.15, -0.1) is 0 Å². The predicted octanol–water partition coefficient (Wildman–Crippen LogP) is 2.98. The van der Waals surface area contributed by atoms with E-state index in [4.69, 9.17) is 5.73 Å². The summed E-state index contributed by atoms with van der Waals surface area (Å²) in [5, 5.41) is 0. The van der Waals surface area contributed by atoms with E-state index in [0.29, 0.717) is 11.8 Å². The van der Waals surface area contributed by atoms with Gasteiger partial charge in [0.05, 0.1) is 0 Å². The van der Waals surface area contributed by atoms with Crippen molar-refractivity contribution >= 4 is 0 Å². The molecule has 2 nitrogen and oxygen atoms in total. The molecule has 22 heavy (non-hydrogen) atoms. The fraction of sp³-hybridized carbons (Fsp3) is 0.400. The molecule has 0 bridgehead atoms. The second-order valence-corrected chi connectivity index (χ2v) is 6.70. The molecular formula is C20H26N2. The van der Waals surface area contributed by atoms with Gasteiger partial charge in [-0.05, 0) is 42.9 Å². The number of benzene rings is 2. The van der Waals surface area contributed by atoms with Crippen LogP contribution in [0.4, 0.5) is 0 Å². The van der Waals surface area contributed by atoms with Crippen LogP contribution < -0.4 is 5.73 Å². The van der Waals surface area contributed by atoms with Crippen LogP contribution in [-0.2, 0) is 12.8 Å².